The van der Waals surface area contributed by atoms with E-state index in [1.54, 1.807) is 0 Å². The number of carbonyl (C=O) groups excluding carboxylic acids is 1. The van der Waals surface area contributed by atoms with E-state index < -0.39 is 0 Å². The number of furan rings is 1. The van der Waals surface area contributed by atoms with Gasteiger partial charge < -0.3 is 19.4 Å². The lowest BCUT2D eigenvalue weighted by atomic mass is 9.87. The molecule has 2 amide bonds. The van der Waals surface area contributed by atoms with Gasteiger partial charge in [-0.05, 0) is 43.7 Å². The van der Waals surface area contributed by atoms with Crippen LogP contribution in [0.15, 0.2) is 34.7 Å². The van der Waals surface area contributed by atoms with Crippen LogP contribution in [0.25, 0.3) is 11.0 Å². The van der Waals surface area contributed by atoms with Gasteiger partial charge in [0.1, 0.15) is 11.3 Å². The molecule has 2 atom stereocenters. The molecular formula is C20H24N2O3. The number of likely N-dealkylation sites (tertiary alicyclic amines) is 1. The zero-order valence-corrected chi connectivity index (χ0v) is 14.4. The van der Waals surface area contributed by atoms with Gasteiger partial charge in [-0.1, -0.05) is 18.2 Å². The molecule has 1 spiro atoms. The number of rotatable bonds is 3. The van der Waals surface area contributed by atoms with Crippen LogP contribution in [0.2, 0.25) is 0 Å². The van der Waals surface area contributed by atoms with Crippen molar-refractivity contribution in [3.63, 3.8) is 0 Å². The van der Waals surface area contributed by atoms with Crippen molar-refractivity contribution >= 4 is 17.0 Å². The van der Waals surface area contributed by atoms with E-state index in [0.717, 1.165) is 68.7 Å². The van der Waals surface area contributed by atoms with Crippen molar-refractivity contribution in [2.75, 3.05) is 26.3 Å². The smallest absolute Gasteiger partial charge is 0.318 e. The van der Waals surface area contributed by atoms with E-state index in [9.17, 15) is 4.79 Å². The number of nitrogens with one attached hydrogen (secondary N) is 1. The van der Waals surface area contributed by atoms with Gasteiger partial charge >= 0.3 is 6.03 Å². The summed E-state index contributed by atoms with van der Waals surface area (Å²) in [7, 11) is 0. The Morgan fingerprint density at radius 2 is 2.16 bits per heavy atom. The van der Waals surface area contributed by atoms with Crippen molar-refractivity contribution in [2.45, 2.75) is 31.7 Å². The first-order chi connectivity index (χ1) is 12.2. The van der Waals surface area contributed by atoms with E-state index in [2.05, 4.69) is 17.4 Å². The monoisotopic (exact) mass is 340 g/mol. The highest BCUT2D eigenvalue weighted by molar-refractivity contribution is 5.79. The largest absolute Gasteiger partial charge is 0.459 e. The Hall–Kier alpha value is -2.01. The molecule has 0 radical (unpaired) electrons. The summed E-state index contributed by atoms with van der Waals surface area (Å²) in [4.78, 5) is 14.8. The first-order valence-electron chi connectivity index (χ1n) is 9.34. The summed E-state index contributed by atoms with van der Waals surface area (Å²) >= 11 is 0. The van der Waals surface area contributed by atoms with E-state index in [-0.39, 0.29) is 17.5 Å². The normalized spacial score (nSPS) is 27.3. The summed E-state index contributed by atoms with van der Waals surface area (Å²) < 4.78 is 11.6. The molecule has 0 bridgehead atoms. The zero-order chi connectivity index (χ0) is 16.9. The van der Waals surface area contributed by atoms with E-state index in [1.165, 1.54) is 0 Å². The molecular weight excluding hydrogens is 316 g/mol. The minimum atomic E-state index is -0.0173. The second-order valence-electron chi connectivity index (χ2n) is 7.93. The highest BCUT2D eigenvalue weighted by Crippen LogP contribution is 2.43. The van der Waals surface area contributed by atoms with E-state index in [4.69, 9.17) is 9.15 Å². The molecule has 1 aliphatic carbocycles. The third kappa shape index (κ3) is 2.80. The lowest BCUT2D eigenvalue weighted by molar-refractivity contribution is 0.151. The summed E-state index contributed by atoms with van der Waals surface area (Å²) in [5.74, 6) is 1.38. The zero-order valence-electron chi connectivity index (χ0n) is 14.4. The summed E-state index contributed by atoms with van der Waals surface area (Å²) in [5.41, 5.74) is 1.09. The van der Waals surface area contributed by atoms with E-state index >= 15 is 0 Å². The second kappa shape index (κ2) is 5.77. The molecule has 3 fully saturated rings. The quantitative estimate of drug-likeness (QED) is 0.927. The van der Waals surface area contributed by atoms with Crippen LogP contribution in [0, 0.1) is 11.3 Å². The predicted molar refractivity (Wildman–Crippen MR) is 94.3 cm³/mol. The molecule has 132 valence electrons. The molecule has 3 aliphatic rings. The molecule has 5 rings (SSSR count). The fourth-order valence-corrected chi connectivity index (χ4v) is 4.31. The van der Waals surface area contributed by atoms with Crippen LogP contribution in [0.1, 0.15) is 37.5 Å². The number of urea groups is 1. The SMILES string of the molecule is O=C(N[C@H](c1cc2ccccc2o1)C1CC1)N1CC[C@]2(CCOC2)C1. The van der Waals surface area contributed by atoms with Gasteiger partial charge in [-0.2, -0.15) is 0 Å². The van der Waals surface area contributed by atoms with Crippen molar-refractivity contribution < 1.29 is 13.9 Å². The molecule has 1 aromatic heterocycles. The van der Waals surface area contributed by atoms with Crippen LogP contribution in [-0.4, -0.2) is 37.2 Å². The average Bonchev–Trinajstić information content (AvgIpc) is 3.06. The molecule has 25 heavy (non-hydrogen) atoms. The minimum Gasteiger partial charge on any atom is -0.459 e. The minimum absolute atomic E-state index is 0.0173. The molecule has 5 heteroatoms. The third-order valence-electron chi connectivity index (χ3n) is 6.03. The molecule has 2 aliphatic heterocycles. The first kappa shape index (κ1) is 15.3. The van der Waals surface area contributed by atoms with Crippen molar-refractivity contribution in [1.29, 1.82) is 0 Å². The second-order valence-corrected chi connectivity index (χ2v) is 7.93. The van der Waals surface area contributed by atoms with Crippen LogP contribution in [0.4, 0.5) is 4.79 Å². The Bertz CT molecular complexity index is 756. The fourth-order valence-electron chi connectivity index (χ4n) is 4.31. The Kier molecular flexibility index (Phi) is 3.52. The molecule has 1 saturated carbocycles. The van der Waals surface area contributed by atoms with Gasteiger partial charge in [-0.25, -0.2) is 4.79 Å². The number of hydrogen-bond acceptors (Lipinski definition) is 3. The van der Waals surface area contributed by atoms with Gasteiger partial charge in [0.15, 0.2) is 0 Å². The Labute approximate surface area is 147 Å². The Balaban J connectivity index is 1.33. The van der Waals surface area contributed by atoms with Gasteiger partial charge in [-0.3, -0.25) is 0 Å². The Morgan fingerprint density at radius 3 is 2.92 bits per heavy atom. The van der Waals surface area contributed by atoms with Crippen LogP contribution >= 0.6 is 0 Å². The maximum atomic E-state index is 12.8. The van der Waals surface area contributed by atoms with E-state index in [0.29, 0.717) is 5.92 Å². The molecule has 0 unspecified atom stereocenters. The lowest BCUT2D eigenvalue weighted by Crippen LogP contribution is -2.42. The molecule has 2 saturated heterocycles. The van der Waals surface area contributed by atoms with Crippen LogP contribution in [0.5, 0.6) is 0 Å². The molecule has 5 nitrogen and oxygen atoms in total. The highest BCUT2D eigenvalue weighted by atomic mass is 16.5. The molecule has 2 aromatic rings. The Morgan fingerprint density at radius 1 is 1.28 bits per heavy atom. The van der Waals surface area contributed by atoms with E-state index in [1.807, 2.05) is 23.1 Å². The number of ether oxygens (including phenoxy) is 1. The van der Waals surface area contributed by atoms with Gasteiger partial charge in [0, 0.05) is 30.5 Å². The number of benzene rings is 1. The standard InChI is InChI=1S/C20H24N2O3/c23-19(22-9-7-20(12-22)8-10-24-13-20)21-18(14-5-6-14)17-11-15-3-1-2-4-16(15)25-17/h1-4,11,14,18H,5-10,12-13H2,(H,21,23)/t18-,20-/m0/s1. The summed E-state index contributed by atoms with van der Waals surface area (Å²) in [5, 5.41) is 4.35. The lowest BCUT2D eigenvalue weighted by Gasteiger charge is -2.24. The molecule has 1 aromatic carbocycles. The maximum absolute atomic E-state index is 12.8. The van der Waals surface area contributed by atoms with Gasteiger partial charge in [0.2, 0.25) is 0 Å². The number of para-hydroxylation sites is 1. The van der Waals surface area contributed by atoms with Gasteiger partial charge in [0.25, 0.3) is 0 Å². The predicted octanol–water partition coefficient (Wildman–Crippen LogP) is 3.71. The number of hydrogen-bond donors (Lipinski definition) is 1. The number of fused-ring (bicyclic) bond motifs is 1. The number of nitrogens with zero attached hydrogens (tertiary/aromatic N) is 1. The van der Waals surface area contributed by atoms with Crippen molar-refractivity contribution in [3.8, 4) is 0 Å². The summed E-state index contributed by atoms with van der Waals surface area (Å²) in [6.45, 7) is 3.27. The fraction of sp³-hybridized carbons (Fsp3) is 0.550. The number of carbonyl (C=O) groups is 1. The highest BCUT2D eigenvalue weighted by Gasteiger charge is 2.44. The summed E-state index contributed by atoms with van der Waals surface area (Å²) in [6, 6.07) is 10.1. The molecule has 1 N–H and O–H groups in total. The number of amides is 2. The van der Waals surface area contributed by atoms with Gasteiger partial charge in [-0.15, -0.1) is 0 Å². The van der Waals surface area contributed by atoms with Crippen LogP contribution in [-0.2, 0) is 4.74 Å². The van der Waals surface area contributed by atoms with Crippen molar-refractivity contribution in [2.24, 2.45) is 11.3 Å². The topological polar surface area (TPSA) is 54.7 Å². The van der Waals surface area contributed by atoms with Crippen molar-refractivity contribution in [1.82, 2.24) is 10.2 Å². The van der Waals surface area contributed by atoms with Crippen molar-refractivity contribution in [3.05, 3.63) is 36.1 Å². The molecule has 3 heterocycles. The first-order valence-corrected chi connectivity index (χ1v) is 9.34. The summed E-state index contributed by atoms with van der Waals surface area (Å²) in [6.07, 6.45) is 4.44. The third-order valence-corrected chi connectivity index (χ3v) is 6.03. The van der Waals surface area contributed by atoms with Crippen LogP contribution in [0.3, 0.4) is 0 Å². The van der Waals surface area contributed by atoms with Crippen LogP contribution < -0.4 is 5.32 Å². The van der Waals surface area contributed by atoms with Gasteiger partial charge in [0.05, 0.1) is 12.6 Å². The average molecular weight is 340 g/mol. The maximum Gasteiger partial charge on any atom is 0.318 e.